The van der Waals surface area contributed by atoms with Gasteiger partial charge in [0.25, 0.3) is 0 Å². The van der Waals surface area contributed by atoms with Gasteiger partial charge in [-0.05, 0) is 58.4 Å². The number of carbonyl (C=O) groups is 2. The Morgan fingerprint density at radius 1 is 0.500 bits per heavy atom. The molecule has 0 amide bonds. The number of carboxylic acid groups (broad SMARTS) is 2. The molecule has 0 saturated heterocycles. The van der Waals surface area contributed by atoms with Crippen LogP contribution in [-0.4, -0.2) is 38.1 Å². The number of rotatable bonds is 15. The van der Waals surface area contributed by atoms with E-state index in [1.165, 1.54) is 89.7 Å². The Morgan fingerprint density at radius 3 is 1.11 bits per heavy atom. The molecule has 0 bridgehead atoms. The highest BCUT2D eigenvalue weighted by atomic mass is 16.4. The Morgan fingerprint density at radius 2 is 0.818 bits per heavy atom. The van der Waals surface area contributed by atoms with Gasteiger partial charge in [-0.25, -0.2) is 0 Å². The molecule has 0 fully saturated rings. The maximum absolute atomic E-state index is 11.8. The standard InChI is InChI=1S/C22H14O4.2C8H19N/c23-21(24)17-11-9-13-5-1-3-7-15(13)19(17)20-16-8-4-2-6-14(16)10-12-18(20)22(25)26;2*1-3-5-7-9-8-6-4-2/h1-12H,(H,23,24)(H,25,26);2*9H,3-8H2,1-2H3. The van der Waals surface area contributed by atoms with E-state index in [-0.39, 0.29) is 11.1 Å². The van der Waals surface area contributed by atoms with E-state index in [1.807, 2.05) is 24.3 Å². The van der Waals surface area contributed by atoms with Gasteiger partial charge in [0, 0.05) is 11.1 Å². The van der Waals surface area contributed by atoms with E-state index in [1.54, 1.807) is 36.4 Å². The number of hydrogen-bond acceptors (Lipinski definition) is 4. The molecule has 0 aromatic heterocycles. The summed E-state index contributed by atoms with van der Waals surface area (Å²) in [5, 5.41) is 31.3. The summed E-state index contributed by atoms with van der Waals surface area (Å²) in [4.78, 5) is 23.6. The molecule has 0 atom stereocenters. The number of hydrogen-bond donors (Lipinski definition) is 2. The summed E-state index contributed by atoms with van der Waals surface area (Å²) in [7, 11) is 0. The molecule has 0 spiro atoms. The molecule has 0 heterocycles. The van der Waals surface area contributed by atoms with E-state index >= 15 is 0 Å². The maximum atomic E-state index is 11.8. The van der Waals surface area contributed by atoms with Gasteiger partial charge < -0.3 is 30.4 Å². The number of nitrogens with two attached hydrogens (primary N) is 2. The Balaban J connectivity index is 0.000000310. The average Bonchev–Trinajstić information content (AvgIpc) is 3.04. The second kappa shape index (κ2) is 21.0. The molecule has 0 radical (unpaired) electrons. The van der Waals surface area contributed by atoms with Gasteiger partial charge in [-0.15, -0.1) is 0 Å². The molecule has 4 N–H and O–H groups in total. The largest absolute Gasteiger partial charge is 0.545 e. The Bertz CT molecular complexity index is 1310. The lowest BCUT2D eigenvalue weighted by molar-refractivity contribution is -0.655. The van der Waals surface area contributed by atoms with E-state index in [0.29, 0.717) is 21.9 Å². The minimum Gasteiger partial charge on any atom is -0.545 e. The zero-order valence-corrected chi connectivity index (χ0v) is 27.2. The van der Waals surface area contributed by atoms with E-state index < -0.39 is 11.9 Å². The number of benzene rings is 4. The van der Waals surface area contributed by atoms with Gasteiger partial charge in [-0.2, -0.15) is 0 Å². The van der Waals surface area contributed by atoms with Crippen molar-refractivity contribution in [3.8, 4) is 11.1 Å². The van der Waals surface area contributed by atoms with Crippen molar-refractivity contribution in [2.24, 2.45) is 0 Å². The predicted molar refractivity (Wildman–Crippen MR) is 179 cm³/mol. The first kappa shape index (κ1) is 36.5. The predicted octanol–water partition coefficient (Wildman–Crippen LogP) is 4.69. The van der Waals surface area contributed by atoms with Crippen LogP contribution < -0.4 is 20.8 Å². The van der Waals surface area contributed by atoms with E-state index in [2.05, 4.69) is 38.3 Å². The van der Waals surface area contributed by atoms with E-state index in [4.69, 9.17) is 0 Å². The fourth-order valence-electron chi connectivity index (χ4n) is 5.10. The van der Waals surface area contributed by atoms with Crippen LogP contribution >= 0.6 is 0 Å². The third-order valence-electron chi connectivity index (χ3n) is 7.60. The summed E-state index contributed by atoms with van der Waals surface area (Å²) >= 11 is 0. The SMILES string of the molecule is CCCC[NH2+]CCCC.CCCC[NH2+]CCCC.O=C([O-])c1ccc2ccccc2c1-c1c(C(=O)[O-])ccc2ccccc12. The lowest BCUT2D eigenvalue weighted by Gasteiger charge is -2.20. The highest BCUT2D eigenvalue weighted by Gasteiger charge is 2.17. The summed E-state index contributed by atoms with van der Waals surface area (Å²) in [5.41, 5.74) is 0.559. The third kappa shape index (κ3) is 11.4. The van der Waals surface area contributed by atoms with Crippen LogP contribution in [0.2, 0.25) is 0 Å². The monoisotopic (exact) mass is 600 g/mol. The molecule has 0 saturated carbocycles. The molecule has 4 aromatic carbocycles. The van der Waals surface area contributed by atoms with Crippen molar-refractivity contribution >= 4 is 33.5 Å². The summed E-state index contributed by atoms with van der Waals surface area (Å²) in [6, 6.07) is 20.8. The lowest BCUT2D eigenvalue weighted by Crippen LogP contribution is -2.84. The van der Waals surface area contributed by atoms with Crippen molar-refractivity contribution < 1.29 is 30.4 Å². The second-order valence-electron chi connectivity index (χ2n) is 11.1. The van der Waals surface area contributed by atoms with Crippen LogP contribution in [-0.2, 0) is 0 Å². The van der Waals surface area contributed by atoms with Gasteiger partial charge in [0.05, 0.1) is 38.1 Å². The molecular formula is C38H52N2O4. The quantitative estimate of drug-likeness (QED) is 0.193. The summed E-state index contributed by atoms with van der Waals surface area (Å²) < 4.78 is 0. The summed E-state index contributed by atoms with van der Waals surface area (Å²) in [6.07, 6.45) is 10.9. The van der Waals surface area contributed by atoms with Gasteiger partial charge in [0.2, 0.25) is 0 Å². The first-order valence-electron chi connectivity index (χ1n) is 16.5. The fourth-order valence-corrected chi connectivity index (χ4v) is 5.10. The highest BCUT2D eigenvalue weighted by molar-refractivity contribution is 6.16. The molecule has 4 rings (SSSR count). The molecule has 238 valence electrons. The third-order valence-corrected chi connectivity index (χ3v) is 7.60. The number of carbonyl (C=O) groups excluding carboxylic acids is 2. The van der Waals surface area contributed by atoms with Gasteiger partial charge >= 0.3 is 0 Å². The van der Waals surface area contributed by atoms with Crippen molar-refractivity contribution in [2.45, 2.75) is 79.1 Å². The first-order chi connectivity index (χ1) is 21.4. The van der Waals surface area contributed by atoms with Crippen LogP contribution in [0.5, 0.6) is 0 Å². The molecule has 0 aliphatic heterocycles. The first-order valence-corrected chi connectivity index (χ1v) is 16.5. The van der Waals surface area contributed by atoms with Crippen molar-refractivity contribution in [1.82, 2.24) is 0 Å². The minimum absolute atomic E-state index is 0.0532. The normalized spacial score (nSPS) is 10.5. The maximum Gasteiger partial charge on any atom is 0.0755 e. The van der Waals surface area contributed by atoms with Gasteiger partial charge in [-0.3, -0.25) is 0 Å². The zero-order chi connectivity index (χ0) is 32.2. The molecule has 4 aromatic rings. The number of quaternary nitrogens is 2. The topological polar surface area (TPSA) is 113 Å². The molecule has 6 nitrogen and oxygen atoms in total. The summed E-state index contributed by atoms with van der Waals surface area (Å²) in [6.45, 7) is 14.3. The fraction of sp³-hybridized carbons (Fsp3) is 0.421. The van der Waals surface area contributed by atoms with Crippen molar-refractivity contribution in [3.63, 3.8) is 0 Å². The van der Waals surface area contributed by atoms with Gasteiger partial charge in [0.1, 0.15) is 0 Å². The number of carboxylic acids is 2. The van der Waals surface area contributed by atoms with Crippen LogP contribution in [0.1, 0.15) is 99.8 Å². The number of unbranched alkanes of at least 4 members (excludes halogenated alkanes) is 4. The van der Waals surface area contributed by atoms with E-state index in [0.717, 1.165) is 10.8 Å². The average molecular weight is 601 g/mol. The Labute approximate surface area is 263 Å². The minimum atomic E-state index is -1.36. The van der Waals surface area contributed by atoms with Crippen molar-refractivity contribution in [3.05, 3.63) is 83.9 Å². The zero-order valence-electron chi connectivity index (χ0n) is 27.2. The summed E-state index contributed by atoms with van der Waals surface area (Å²) in [5.74, 6) is -2.72. The highest BCUT2D eigenvalue weighted by Crippen LogP contribution is 2.38. The van der Waals surface area contributed by atoms with E-state index in [9.17, 15) is 19.8 Å². The Hall–Kier alpha value is -3.74. The molecule has 44 heavy (non-hydrogen) atoms. The smallest absolute Gasteiger partial charge is 0.0755 e. The number of aromatic carboxylic acids is 2. The van der Waals surface area contributed by atoms with Gasteiger partial charge in [0.15, 0.2) is 0 Å². The van der Waals surface area contributed by atoms with Crippen LogP contribution in [0.15, 0.2) is 72.8 Å². The Kier molecular flexibility index (Phi) is 17.4. The molecule has 0 aliphatic carbocycles. The van der Waals surface area contributed by atoms with Gasteiger partial charge in [-0.1, -0.05) is 126 Å². The molecule has 6 heteroatoms. The molecule has 0 unspecified atom stereocenters. The van der Waals surface area contributed by atoms with Crippen LogP contribution in [0.4, 0.5) is 0 Å². The van der Waals surface area contributed by atoms with Crippen LogP contribution in [0.25, 0.3) is 32.7 Å². The number of fused-ring (bicyclic) bond motifs is 2. The van der Waals surface area contributed by atoms with Crippen LogP contribution in [0.3, 0.4) is 0 Å². The van der Waals surface area contributed by atoms with Crippen molar-refractivity contribution in [1.29, 1.82) is 0 Å². The van der Waals surface area contributed by atoms with Crippen molar-refractivity contribution in [2.75, 3.05) is 26.2 Å². The lowest BCUT2D eigenvalue weighted by atomic mass is 9.87. The molecule has 0 aliphatic rings. The molecular weight excluding hydrogens is 548 g/mol. The van der Waals surface area contributed by atoms with Crippen LogP contribution in [0, 0.1) is 0 Å². The second-order valence-corrected chi connectivity index (χ2v) is 11.1.